The lowest BCUT2D eigenvalue weighted by molar-refractivity contribution is 0.278. The molecule has 1 aromatic heterocycles. The first-order valence-corrected chi connectivity index (χ1v) is 12.4. The van der Waals surface area contributed by atoms with Gasteiger partial charge in [-0.2, -0.15) is 0 Å². The van der Waals surface area contributed by atoms with Gasteiger partial charge in [-0.15, -0.1) is 0 Å². The molecule has 1 heterocycles. The largest absolute Gasteiger partial charge is 0.494 e. The number of imidazole rings is 1. The van der Waals surface area contributed by atoms with Gasteiger partial charge in [0.05, 0.1) is 27.9 Å². The third-order valence-corrected chi connectivity index (χ3v) is 7.10. The second kappa shape index (κ2) is 10.7. The van der Waals surface area contributed by atoms with E-state index in [1.54, 1.807) is 21.3 Å². The predicted octanol–water partition coefficient (Wildman–Crippen LogP) is 6.20. The maximum atomic E-state index is 9.84. The molecule has 0 unspecified atom stereocenters. The van der Waals surface area contributed by atoms with Gasteiger partial charge in [0.2, 0.25) is 0 Å². The molecule has 0 aliphatic heterocycles. The summed E-state index contributed by atoms with van der Waals surface area (Å²) in [6, 6.07) is 16.4. The van der Waals surface area contributed by atoms with Crippen LogP contribution in [-0.4, -0.2) is 42.6 Å². The predicted molar refractivity (Wildman–Crippen MR) is 143 cm³/mol. The number of nitrogens with zero attached hydrogens (tertiary/aromatic N) is 2. The lowest BCUT2D eigenvalue weighted by Gasteiger charge is -2.14. The Kier molecular flexibility index (Phi) is 7.67. The zero-order valence-corrected chi connectivity index (χ0v) is 22.3. The zero-order chi connectivity index (χ0) is 25.1. The van der Waals surface area contributed by atoms with Crippen LogP contribution in [0, 0.1) is 0 Å². The molecule has 0 atom stereocenters. The van der Waals surface area contributed by atoms with Crippen molar-refractivity contribution in [3.63, 3.8) is 0 Å². The summed E-state index contributed by atoms with van der Waals surface area (Å²) in [4.78, 5) is 5.03. The molecular formula is C28H31BrN2O4. The van der Waals surface area contributed by atoms with Crippen LogP contribution in [0.5, 0.6) is 17.2 Å². The van der Waals surface area contributed by atoms with E-state index in [0.717, 1.165) is 38.0 Å². The van der Waals surface area contributed by atoms with E-state index < -0.39 is 0 Å². The molecule has 7 heteroatoms. The quantitative estimate of drug-likeness (QED) is 0.275. The van der Waals surface area contributed by atoms with Gasteiger partial charge in [0, 0.05) is 16.6 Å². The number of hydrogen-bond acceptors (Lipinski definition) is 5. The molecule has 1 N–H and O–H groups in total. The zero-order valence-electron chi connectivity index (χ0n) is 20.8. The van der Waals surface area contributed by atoms with Gasteiger partial charge >= 0.3 is 0 Å². The molecule has 0 radical (unpaired) electrons. The highest BCUT2D eigenvalue weighted by Crippen LogP contribution is 2.39. The van der Waals surface area contributed by atoms with Crippen molar-refractivity contribution in [3.8, 4) is 28.6 Å². The smallest absolute Gasteiger partial charge is 0.160 e. The highest BCUT2D eigenvalue weighted by Gasteiger charge is 2.21. The van der Waals surface area contributed by atoms with Crippen molar-refractivity contribution in [2.24, 2.45) is 0 Å². The molecule has 0 aliphatic carbocycles. The van der Waals surface area contributed by atoms with Gasteiger partial charge < -0.3 is 23.9 Å². The average Bonchev–Trinajstić information content (AvgIpc) is 3.25. The van der Waals surface area contributed by atoms with E-state index in [4.69, 9.17) is 19.2 Å². The van der Waals surface area contributed by atoms with Crippen LogP contribution in [0.3, 0.4) is 0 Å². The normalized spacial score (nSPS) is 11.3. The number of rotatable bonds is 9. The summed E-state index contributed by atoms with van der Waals surface area (Å²) in [6.07, 6.45) is 0.651. The summed E-state index contributed by atoms with van der Waals surface area (Å²) < 4.78 is 19.6. The van der Waals surface area contributed by atoms with E-state index in [9.17, 15) is 5.11 Å². The number of aliphatic hydroxyl groups excluding tert-OH is 1. The fourth-order valence-corrected chi connectivity index (χ4v) is 4.88. The topological polar surface area (TPSA) is 65.7 Å². The van der Waals surface area contributed by atoms with E-state index >= 15 is 0 Å². The molecule has 0 amide bonds. The minimum Gasteiger partial charge on any atom is -0.494 e. The van der Waals surface area contributed by atoms with E-state index in [1.807, 2.05) is 28.8 Å². The Balaban J connectivity index is 1.85. The second-order valence-electron chi connectivity index (χ2n) is 8.70. The van der Waals surface area contributed by atoms with Crippen molar-refractivity contribution < 1.29 is 19.3 Å². The Labute approximate surface area is 214 Å². The molecular weight excluding hydrogens is 508 g/mol. The first-order chi connectivity index (χ1) is 16.9. The van der Waals surface area contributed by atoms with Crippen LogP contribution in [0.15, 0.2) is 53.0 Å². The molecule has 6 nitrogen and oxygen atoms in total. The molecule has 35 heavy (non-hydrogen) atoms. The average molecular weight is 539 g/mol. The Morgan fingerprint density at radius 2 is 1.60 bits per heavy atom. The van der Waals surface area contributed by atoms with Crippen LogP contribution < -0.4 is 14.2 Å². The summed E-state index contributed by atoms with van der Waals surface area (Å²) >= 11 is 3.82. The lowest BCUT2D eigenvalue weighted by Crippen LogP contribution is -2.05. The van der Waals surface area contributed by atoms with Crippen LogP contribution in [0.25, 0.3) is 22.4 Å². The van der Waals surface area contributed by atoms with Crippen molar-refractivity contribution >= 4 is 27.0 Å². The van der Waals surface area contributed by atoms with Crippen LogP contribution in [0.2, 0.25) is 0 Å². The van der Waals surface area contributed by atoms with Crippen molar-refractivity contribution in [1.29, 1.82) is 0 Å². The molecule has 4 rings (SSSR count). The number of halogens is 1. The second-order valence-corrected chi connectivity index (χ2v) is 9.50. The molecule has 184 valence electrons. The Bertz CT molecular complexity index is 1330. The van der Waals surface area contributed by atoms with Gasteiger partial charge in [0.15, 0.2) is 11.5 Å². The van der Waals surface area contributed by atoms with Crippen molar-refractivity contribution in [1.82, 2.24) is 9.55 Å². The Morgan fingerprint density at radius 1 is 0.914 bits per heavy atom. The molecule has 0 fully saturated rings. The molecule has 0 bridgehead atoms. The van der Waals surface area contributed by atoms with Crippen molar-refractivity contribution in [2.75, 3.05) is 27.9 Å². The van der Waals surface area contributed by atoms with Crippen LogP contribution in [-0.2, 0) is 13.0 Å². The minimum absolute atomic E-state index is 0.00327. The van der Waals surface area contributed by atoms with Gasteiger partial charge in [-0.1, -0.05) is 44.2 Å². The minimum atomic E-state index is -0.00327. The lowest BCUT2D eigenvalue weighted by atomic mass is 10.0. The monoisotopic (exact) mass is 538 g/mol. The van der Waals surface area contributed by atoms with Gasteiger partial charge in [-0.3, -0.25) is 0 Å². The maximum Gasteiger partial charge on any atom is 0.160 e. The third kappa shape index (κ3) is 4.88. The molecule has 0 saturated heterocycles. The Morgan fingerprint density at radius 3 is 2.20 bits per heavy atom. The Hall–Kier alpha value is -3.03. The van der Waals surface area contributed by atoms with Gasteiger partial charge in [0.25, 0.3) is 0 Å². The first kappa shape index (κ1) is 25.1. The van der Waals surface area contributed by atoms with E-state index in [0.29, 0.717) is 36.1 Å². The van der Waals surface area contributed by atoms with E-state index in [-0.39, 0.29) is 6.61 Å². The van der Waals surface area contributed by atoms with Crippen LogP contribution in [0.4, 0.5) is 0 Å². The van der Waals surface area contributed by atoms with Crippen LogP contribution in [0.1, 0.15) is 36.5 Å². The molecule has 3 aromatic carbocycles. The summed E-state index contributed by atoms with van der Waals surface area (Å²) in [5.74, 6) is 3.35. The van der Waals surface area contributed by atoms with Gasteiger partial charge in [-0.25, -0.2) is 4.98 Å². The summed E-state index contributed by atoms with van der Waals surface area (Å²) in [5, 5.41) is 9.84. The van der Waals surface area contributed by atoms with E-state index in [2.05, 4.69) is 54.0 Å². The molecule has 0 aliphatic rings. The summed E-state index contributed by atoms with van der Waals surface area (Å²) in [7, 11) is 4.93. The van der Waals surface area contributed by atoms with Crippen molar-refractivity contribution in [2.45, 2.75) is 32.7 Å². The summed E-state index contributed by atoms with van der Waals surface area (Å²) in [6.45, 7) is 4.77. The van der Waals surface area contributed by atoms with Gasteiger partial charge in [-0.05, 0) is 63.2 Å². The van der Waals surface area contributed by atoms with Gasteiger partial charge in [0.1, 0.15) is 22.6 Å². The number of aromatic nitrogens is 2. The number of hydrogen-bond donors (Lipinski definition) is 1. The highest BCUT2D eigenvalue weighted by molar-refractivity contribution is 9.10. The number of aliphatic hydroxyl groups is 1. The number of ether oxygens (including phenoxy) is 3. The molecule has 0 spiro atoms. The number of benzene rings is 3. The van der Waals surface area contributed by atoms with Crippen LogP contribution >= 0.6 is 15.9 Å². The fraction of sp³-hybridized carbons (Fsp3) is 0.321. The standard InChI is InChI=1S/C28H31BrN2O4/c1-17(2)19-7-9-20(10-8-19)28-30-26-25(29)21(16-24(35-5)27(26)31(28)12-13-32)14-18-6-11-22(33-3)23(15-18)34-4/h6-11,15-17,32H,12-14H2,1-5H3. The third-order valence-electron chi connectivity index (χ3n) is 6.22. The number of fused-ring (bicyclic) bond motifs is 1. The maximum absolute atomic E-state index is 9.84. The molecule has 0 saturated carbocycles. The summed E-state index contributed by atoms with van der Waals surface area (Å²) in [5.41, 5.74) is 6.04. The first-order valence-electron chi connectivity index (χ1n) is 11.6. The van der Waals surface area contributed by atoms with E-state index in [1.165, 1.54) is 5.56 Å². The number of methoxy groups -OCH3 is 3. The highest BCUT2D eigenvalue weighted by atomic mass is 79.9. The SMILES string of the molecule is COc1ccc(Cc2cc(OC)c3c(nc(-c4ccc(C(C)C)cc4)n3CCO)c2Br)cc1OC. The molecule has 4 aromatic rings. The fourth-order valence-electron chi connectivity index (χ4n) is 4.35. The van der Waals surface area contributed by atoms with Crippen molar-refractivity contribution in [3.05, 3.63) is 69.7 Å².